The lowest BCUT2D eigenvalue weighted by Gasteiger charge is -2.28. The fraction of sp³-hybridized carbons (Fsp3) is 0.611. The number of hydrogen-bond acceptors (Lipinski definition) is 5. The molecule has 1 aliphatic carbocycles. The van der Waals surface area contributed by atoms with E-state index in [1.165, 1.54) is 24.1 Å². The summed E-state index contributed by atoms with van der Waals surface area (Å²) in [6, 6.07) is 0. The topological polar surface area (TPSA) is 61.9 Å². The molecule has 2 aromatic heterocycles. The standard InChI is InChI=1S/C18H24N4OS/c1-12-16(24-11-19-12)10-22-8-7-14-15(9-22)20-17(21-18(14)23)13-5-3-2-4-6-13/h11,13H,2-10H2,1H3,(H,20,21,23). The fourth-order valence-electron chi connectivity index (χ4n) is 3.90. The second-order valence-electron chi connectivity index (χ2n) is 7.03. The molecule has 0 bridgehead atoms. The van der Waals surface area contributed by atoms with Crippen molar-refractivity contribution in [1.82, 2.24) is 19.9 Å². The van der Waals surface area contributed by atoms with Crippen LogP contribution >= 0.6 is 11.3 Å². The van der Waals surface area contributed by atoms with Gasteiger partial charge in [0.05, 0.1) is 16.9 Å². The highest BCUT2D eigenvalue weighted by atomic mass is 32.1. The van der Waals surface area contributed by atoms with Crippen LogP contribution in [0.1, 0.15) is 65.7 Å². The summed E-state index contributed by atoms with van der Waals surface area (Å²) in [5, 5.41) is 0. The third-order valence-corrected chi connectivity index (χ3v) is 6.29. The van der Waals surface area contributed by atoms with Gasteiger partial charge in [-0.3, -0.25) is 9.69 Å². The Hall–Kier alpha value is -1.53. The van der Waals surface area contributed by atoms with E-state index in [-0.39, 0.29) is 5.56 Å². The number of nitrogens with one attached hydrogen (secondary N) is 1. The van der Waals surface area contributed by atoms with Gasteiger partial charge in [-0.1, -0.05) is 19.3 Å². The number of hydrogen-bond donors (Lipinski definition) is 1. The Morgan fingerprint density at radius 2 is 2.17 bits per heavy atom. The normalized spacial score (nSPS) is 19.4. The van der Waals surface area contributed by atoms with Crippen molar-refractivity contribution in [3.8, 4) is 0 Å². The molecule has 24 heavy (non-hydrogen) atoms. The summed E-state index contributed by atoms with van der Waals surface area (Å²) in [7, 11) is 0. The van der Waals surface area contributed by atoms with Gasteiger partial charge in [-0.2, -0.15) is 0 Å². The largest absolute Gasteiger partial charge is 0.310 e. The minimum absolute atomic E-state index is 0.0918. The van der Waals surface area contributed by atoms with Crippen molar-refractivity contribution in [2.75, 3.05) is 6.54 Å². The molecule has 0 unspecified atom stereocenters. The Bertz CT molecular complexity index is 776. The first kappa shape index (κ1) is 16.0. The van der Waals surface area contributed by atoms with Gasteiger partial charge >= 0.3 is 0 Å². The number of H-pyrrole nitrogens is 1. The van der Waals surface area contributed by atoms with Gasteiger partial charge < -0.3 is 4.98 Å². The summed E-state index contributed by atoms with van der Waals surface area (Å²) < 4.78 is 0. The predicted molar refractivity (Wildman–Crippen MR) is 95.4 cm³/mol. The average Bonchev–Trinajstić information content (AvgIpc) is 3.00. The summed E-state index contributed by atoms with van der Waals surface area (Å²) in [5.41, 5.74) is 5.01. The van der Waals surface area contributed by atoms with Crippen LogP contribution in [0.5, 0.6) is 0 Å². The number of aryl methyl sites for hydroxylation is 1. The molecule has 0 aromatic carbocycles. The van der Waals surface area contributed by atoms with E-state index in [9.17, 15) is 4.79 Å². The van der Waals surface area contributed by atoms with Gasteiger partial charge in [0.25, 0.3) is 5.56 Å². The Kier molecular flexibility index (Phi) is 4.50. The summed E-state index contributed by atoms with van der Waals surface area (Å²) in [6.45, 7) is 4.66. The molecule has 2 aromatic rings. The van der Waals surface area contributed by atoms with Crippen molar-refractivity contribution < 1.29 is 0 Å². The number of thiazole rings is 1. The van der Waals surface area contributed by atoms with Crippen LogP contribution in [-0.4, -0.2) is 26.4 Å². The van der Waals surface area contributed by atoms with Crippen LogP contribution < -0.4 is 5.56 Å². The lowest BCUT2D eigenvalue weighted by Crippen LogP contribution is -2.35. The predicted octanol–water partition coefficient (Wildman–Crippen LogP) is 3.14. The van der Waals surface area contributed by atoms with E-state index in [1.54, 1.807) is 11.3 Å². The van der Waals surface area contributed by atoms with Crippen LogP contribution in [-0.2, 0) is 19.5 Å². The van der Waals surface area contributed by atoms with Gasteiger partial charge in [0.1, 0.15) is 5.82 Å². The second-order valence-corrected chi connectivity index (χ2v) is 7.97. The van der Waals surface area contributed by atoms with Crippen molar-refractivity contribution in [3.05, 3.63) is 43.5 Å². The van der Waals surface area contributed by atoms with Crippen LogP contribution in [0.25, 0.3) is 0 Å². The molecule has 0 atom stereocenters. The van der Waals surface area contributed by atoms with Crippen molar-refractivity contribution in [1.29, 1.82) is 0 Å². The Labute approximate surface area is 146 Å². The molecule has 4 rings (SSSR count). The van der Waals surface area contributed by atoms with Gasteiger partial charge in [0, 0.05) is 36.0 Å². The minimum atomic E-state index is 0.0918. The molecule has 3 heterocycles. The molecule has 0 saturated heterocycles. The van der Waals surface area contributed by atoms with E-state index >= 15 is 0 Å². The zero-order valence-corrected chi connectivity index (χ0v) is 15.0. The van der Waals surface area contributed by atoms with Gasteiger partial charge in [0.15, 0.2) is 0 Å². The van der Waals surface area contributed by atoms with Crippen LogP contribution in [0, 0.1) is 6.92 Å². The van der Waals surface area contributed by atoms with Crippen molar-refractivity contribution in [2.45, 2.75) is 64.5 Å². The highest BCUT2D eigenvalue weighted by Gasteiger charge is 2.24. The lowest BCUT2D eigenvalue weighted by molar-refractivity contribution is 0.241. The molecule has 1 aliphatic heterocycles. The zero-order valence-electron chi connectivity index (χ0n) is 14.2. The maximum absolute atomic E-state index is 12.5. The first-order chi connectivity index (χ1) is 11.7. The molecule has 1 fully saturated rings. The summed E-state index contributed by atoms with van der Waals surface area (Å²) in [5.74, 6) is 1.37. The first-order valence-electron chi connectivity index (χ1n) is 8.94. The molecule has 5 nitrogen and oxygen atoms in total. The Balaban J connectivity index is 1.56. The molecule has 0 spiro atoms. The third-order valence-electron chi connectivity index (χ3n) is 5.37. The molecule has 128 valence electrons. The van der Waals surface area contributed by atoms with E-state index < -0.39 is 0 Å². The van der Waals surface area contributed by atoms with Gasteiger partial charge in [0.2, 0.25) is 0 Å². The zero-order chi connectivity index (χ0) is 16.5. The quantitative estimate of drug-likeness (QED) is 0.929. The summed E-state index contributed by atoms with van der Waals surface area (Å²) in [6.07, 6.45) is 6.93. The van der Waals surface area contributed by atoms with E-state index in [0.717, 1.165) is 61.7 Å². The van der Waals surface area contributed by atoms with Crippen LogP contribution in [0.15, 0.2) is 10.3 Å². The average molecular weight is 344 g/mol. The third kappa shape index (κ3) is 3.17. The number of aromatic amines is 1. The first-order valence-corrected chi connectivity index (χ1v) is 9.82. The van der Waals surface area contributed by atoms with E-state index in [2.05, 4.69) is 21.8 Å². The SMILES string of the molecule is Cc1ncsc1CN1CCc2c(nc(C3CCCCC3)[nH]c2=O)C1. The molecule has 6 heteroatoms. The molecular weight excluding hydrogens is 320 g/mol. The Morgan fingerprint density at radius 3 is 2.92 bits per heavy atom. The highest BCUT2D eigenvalue weighted by Crippen LogP contribution is 2.31. The van der Waals surface area contributed by atoms with E-state index in [4.69, 9.17) is 4.98 Å². The molecule has 0 radical (unpaired) electrons. The van der Waals surface area contributed by atoms with Crippen LogP contribution in [0.3, 0.4) is 0 Å². The minimum Gasteiger partial charge on any atom is -0.310 e. The smallest absolute Gasteiger partial charge is 0.254 e. The number of nitrogens with zero attached hydrogens (tertiary/aromatic N) is 3. The molecule has 2 aliphatic rings. The highest BCUT2D eigenvalue weighted by molar-refractivity contribution is 7.09. The lowest BCUT2D eigenvalue weighted by atomic mass is 9.88. The maximum atomic E-state index is 12.5. The van der Waals surface area contributed by atoms with E-state index in [0.29, 0.717) is 5.92 Å². The number of rotatable bonds is 3. The van der Waals surface area contributed by atoms with E-state index in [1.807, 2.05) is 5.51 Å². The maximum Gasteiger partial charge on any atom is 0.254 e. The number of fused-ring (bicyclic) bond motifs is 1. The Morgan fingerprint density at radius 1 is 1.33 bits per heavy atom. The summed E-state index contributed by atoms with van der Waals surface area (Å²) >= 11 is 1.71. The van der Waals surface area contributed by atoms with Crippen molar-refractivity contribution >= 4 is 11.3 Å². The molecular formula is C18H24N4OS. The van der Waals surface area contributed by atoms with Gasteiger partial charge in [-0.25, -0.2) is 9.97 Å². The summed E-state index contributed by atoms with van der Waals surface area (Å²) in [4.78, 5) is 28.5. The van der Waals surface area contributed by atoms with Crippen molar-refractivity contribution in [2.24, 2.45) is 0 Å². The molecule has 1 saturated carbocycles. The second kappa shape index (κ2) is 6.76. The molecule has 0 amide bonds. The molecule has 1 N–H and O–H groups in total. The van der Waals surface area contributed by atoms with Gasteiger partial charge in [-0.05, 0) is 26.2 Å². The van der Waals surface area contributed by atoms with Crippen molar-refractivity contribution in [3.63, 3.8) is 0 Å². The monoisotopic (exact) mass is 344 g/mol. The van der Waals surface area contributed by atoms with Crippen LogP contribution in [0.2, 0.25) is 0 Å². The van der Waals surface area contributed by atoms with Gasteiger partial charge in [-0.15, -0.1) is 11.3 Å². The number of aromatic nitrogens is 3. The fourth-order valence-corrected chi connectivity index (χ4v) is 4.72. The van der Waals surface area contributed by atoms with Crippen LogP contribution in [0.4, 0.5) is 0 Å².